The van der Waals surface area contributed by atoms with Gasteiger partial charge < -0.3 is 21.2 Å². The van der Waals surface area contributed by atoms with Gasteiger partial charge in [-0.2, -0.15) is 0 Å². The van der Waals surface area contributed by atoms with E-state index in [1.165, 1.54) is 0 Å². The van der Waals surface area contributed by atoms with Crippen molar-refractivity contribution in [3.05, 3.63) is 0 Å². The van der Waals surface area contributed by atoms with E-state index in [4.69, 9.17) is 15.0 Å². The van der Waals surface area contributed by atoms with Gasteiger partial charge in [-0.05, 0) is 0 Å². The average molecular weight is 105 g/mol. The first-order chi connectivity index (χ1) is 1.73. The summed E-state index contributed by atoms with van der Waals surface area (Å²) in [5, 5.41) is 15.3. The summed E-state index contributed by atoms with van der Waals surface area (Å²) >= 11 is 0. The molecule has 0 aliphatic rings. The summed E-state index contributed by atoms with van der Waals surface area (Å²) in [4.78, 5) is 8.44. The van der Waals surface area contributed by atoms with Gasteiger partial charge in [0.1, 0.15) is 0 Å². The van der Waals surface area contributed by atoms with E-state index in [0.717, 1.165) is 0 Å². The molecule has 0 atom stereocenters. The number of rotatable bonds is 0. The van der Waals surface area contributed by atoms with Crippen molar-refractivity contribution in [2.75, 3.05) is 0 Å². The second-order valence-corrected chi connectivity index (χ2v) is 0.266. The molecule has 0 aromatic rings. The molecule has 0 amide bonds. The van der Waals surface area contributed by atoms with Gasteiger partial charge in [0.2, 0.25) is 6.16 Å². The number of hydrogen-bond donors (Lipinski definition) is 2. The van der Waals surface area contributed by atoms with E-state index in [0.29, 0.717) is 0 Å². The van der Waals surface area contributed by atoms with Crippen LogP contribution in [-0.2, 0) is 0 Å². The van der Waals surface area contributed by atoms with Crippen LogP contribution in [0.3, 0.4) is 0 Å². The smallest absolute Gasteiger partial charge is 0.565 e. The van der Waals surface area contributed by atoms with Crippen LogP contribution in [0.15, 0.2) is 0 Å². The Labute approximate surface area is 51.7 Å². The Kier molecular flexibility index (Phi) is 72.1. The molecule has 0 spiro atoms. The SMILES string of the molecule is F.N.O=C([O-])O.[Li+]. The van der Waals surface area contributed by atoms with E-state index in [9.17, 15) is 0 Å². The van der Waals surface area contributed by atoms with Crippen molar-refractivity contribution in [1.29, 1.82) is 0 Å². The molecule has 6 heteroatoms. The molecule has 0 rings (SSSR count). The fourth-order valence-electron chi connectivity index (χ4n) is 0. The van der Waals surface area contributed by atoms with Crippen LogP contribution in [0, 0.1) is 0 Å². The second-order valence-electron chi connectivity index (χ2n) is 0.266. The molecular weight excluding hydrogens is 100.0 g/mol. The molecular formula is CH5FLiNO3. The van der Waals surface area contributed by atoms with Gasteiger partial charge in [0, 0.05) is 0 Å². The predicted molar refractivity (Wildman–Crippen MR) is 15.5 cm³/mol. The van der Waals surface area contributed by atoms with Crippen LogP contribution in [-0.4, -0.2) is 11.3 Å². The van der Waals surface area contributed by atoms with Crippen LogP contribution < -0.4 is 30.1 Å². The summed E-state index contributed by atoms with van der Waals surface area (Å²) in [6, 6.07) is 0. The van der Waals surface area contributed by atoms with Gasteiger partial charge in [-0.3, -0.25) is 4.70 Å². The van der Waals surface area contributed by atoms with Gasteiger partial charge in [0.05, 0.1) is 0 Å². The van der Waals surface area contributed by atoms with Gasteiger partial charge in [0.15, 0.2) is 0 Å². The molecule has 0 radical (unpaired) electrons. The third kappa shape index (κ3) is 1380. The van der Waals surface area contributed by atoms with E-state index in [2.05, 4.69) is 0 Å². The van der Waals surface area contributed by atoms with Gasteiger partial charge in [-0.1, -0.05) is 0 Å². The Balaban J connectivity index is -0.0000000150. The molecule has 0 aliphatic heterocycles. The number of carboxylic acid groups (broad SMARTS) is 2. The molecule has 0 unspecified atom stereocenters. The normalized spacial score (nSPS) is 3.43. The predicted octanol–water partition coefficient (Wildman–Crippen LogP) is -3.79. The first-order valence-corrected chi connectivity index (χ1v) is 0.632. The molecule has 0 heterocycles. The first-order valence-electron chi connectivity index (χ1n) is 0.632. The van der Waals surface area contributed by atoms with E-state index < -0.39 is 6.16 Å². The summed E-state index contributed by atoms with van der Waals surface area (Å²) < 4.78 is 0. The Morgan fingerprint density at radius 1 is 1.57 bits per heavy atom. The van der Waals surface area contributed by atoms with Gasteiger partial charge >= 0.3 is 18.9 Å². The molecule has 0 fully saturated rings. The largest absolute Gasteiger partial charge is 1.00 e. The molecule has 4 N–H and O–H groups in total. The molecule has 0 aromatic heterocycles. The maximum atomic E-state index is 8.44. The van der Waals surface area contributed by atoms with Crippen molar-refractivity contribution < 1.29 is 38.6 Å². The molecule has 0 saturated carbocycles. The molecule has 0 aromatic carbocycles. The van der Waals surface area contributed by atoms with E-state index in [1.54, 1.807) is 0 Å². The molecule has 4 nitrogen and oxygen atoms in total. The summed E-state index contributed by atoms with van der Waals surface area (Å²) in [5.41, 5.74) is 0. The van der Waals surface area contributed by atoms with Crippen LogP contribution in [0.5, 0.6) is 0 Å². The first kappa shape index (κ1) is 29.5. The average Bonchev–Trinajstić information content (AvgIpc) is 0.811. The number of carbonyl (C=O) groups is 1. The Hall–Kier alpha value is -0.243. The Morgan fingerprint density at radius 2 is 1.57 bits per heavy atom. The van der Waals surface area contributed by atoms with Crippen molar-refractivity contribution >= 4 is 6.16 Å². The molecule has 7 heavy (non-hydrogen) atoms. The van der Waals surface area contributed by atoms with Crippen LogP contribution >= 0.6 is 0 Å². The Morgan fingerprint density at radius 3 is 1.57 bits per heavy atom. The van der Waals surface area contributed by atoms with Gasteiger partial charge in [0.25, 0.3) is 0 Å². The summed E-state index contributed by atoms with van der Waals surface area (Å²) in [6.45, 7) is 0. The third-order valence-electron chi connectivity index (χ3n) is 0. The van der Waals surface area contributed by atoms with E-state index in [-0.39, 0.29) is 29.7 Å². The zero-order chi connectivity index (χ0) is 3.58. The standard InChI is InChI=1S/CH2O3.FH.Li.H3N/c2-1(3)4;;;/h(H2,2,3,4);1H;;1H3/q;;+1;/p-1. The van der Waals surface area contributed by atoms with Crippen LogP contribution in [0.2, 0.25) is 0 Å². The minimum atomic E-state index is -2.08. The van der Waals surface area contributed by atoms with Crippen LogP contribution in [0.1, 0.15) is 0 Å². The minimum Gasteiger partial charge on any atom is -0.565 e. The maximum absolute atomic E-state index is 8.44. The van der Waals surface area contributed by atoms with Crippen molar-refractivity contribution in [2.45, 2.75) is 0 Å². The van der Waals surface area contributed by atoms with Crippen molar-refractivity contribution in [3.8, 4) is 0 Å². The van der Waals surface area contributed by atoms with E-state index >= 15 is 0 Å². The Bertz CT molecular complexity index is 37.9. The molecule has 0 saturated heterocycles. The zero-order valence-electron chi connectivity index (χ0n) is 3.88. The van der Waals surface area contributed by atoms with E-state index in [1.807, 2.05) is 0 Å². The number of hydrogen-bond acceptors (Lipinski definition) is 3. The summed E-state index contributed by atoms with van der Waals surface area (Å²) in [6.07, 6.45) is -2.08. The molecule has 40 valence electrons. The molecule has 0 aliphatic carbocycles. The van der Waals surface area contributed by atoms with Crippen molar-refractivity contribution in [3.63, 3.8) is 0 Å². The second kappa shape index (κ2) is 17.1. The van der Waals surface area contributed by atoms with Crippen LogP contribution in [0.4, 0.5) is 9.50 Å². The van der Waals surface area contributed by atoms with Crippen molar-refractivity contribution in [1.82, 2.24) is 6.15 Å². The monoisotopic (exact) mass is 105 g/mol. The van der Waals surface area contributed by atoms with Crippen molar-refractivity contribution in [2.24, 2.45) is 0 Å². The summed E-state index contributed by atoms with van der Waals surface area (Å²) in [5.74, 6) is 0. The van der Waals surface area contributed by atoms with Crippen LogP contribution in [0.25, 0.3) is 0 Å². The zero-order valence-corrected chi connectivity index (χ0v) is 3.88. The summed E-state index contributed by atoms with van der Waals surface area (Å²) in [7, 11) is 0. The third-order valence-corrected chi connectivity index (χ3v) is 0. The number of halogens is 1. The molecule has 0 bridgehead atoms. The minimum absolute atomic E-state index is 0. The fraction of sp³-hybridized carbons (Fsp3) is 0. The maximum Gasteiger partial charge on any atom is 1.00 e. The topological polar surface area (TPSA) is 95.4 Å². The van der Waals surface area contributed by atoms with Gasteiger partial charge in [-0.25, -0.2) is 0 Å². The quantitative estimate of drug-likeness (QED) is 0.309. The fourth-order valence-corrected chi connectivity index (χ4v) is 0. The van der Waals surface area contributed by atoms with Gasteiger partial charge in [-0.15, -0.1) is 0 Å².